The van der Waals surface area contributed by atoms with Gasteiger partial charge in [-0.3, -0.25) is 0 Å². The third-order valence-corrected chi connectivity index (χ3v) is 7.83. The highest BCUT2D eigenvalue weighted by atomic mass is 127. The third kappa shape index (κ3) is 2.89. The summed E-state index contributed by atoms with van der Waals surface area (Å²) >= 11 is 6.02. The number of fused-ring (bicyclic) bond motifs is 2. The Morgan fingerprint density at radius 3 is 3.00 bits per heavy atom. The molecule has 1 aromatic carbocycles. The van der Waals surface area contributed by atoms with E-state index in [1.807, 2.05) is 23.9 Å². The highest BCUT2D eigenvalue weighted by molar-refractivity contribution is 14.1. The third-order valence-electron chi connectivity index (χ3n) is 4.23. The van der Waals surface area contributed by atoms with Crippen molar-refractivity contribution in [2.75, 3.05) is 6.54 Å². The second-order valence-corrected chi connectivity index (χ2v) is 9.50. The fourth-order valence-electron chi connectivity index (χ4n) is 3.06. The van der Waals surface area contributed by atoms with Gasteiger partial charge in [-0.25, -0.2) is 4.98 Å². The van der Waals surface area contributed by atoms with Crippen LogP contribution in [0.3, 0.4) is 0 Å². The largest absolute Gasteiger partial charge is 0.387 e. The summed E-state index contributed by atoms with van der Waals surface area (Å²) in [7, 11) is 0. The van der Waals surface area contributed by atoms with Crippen LogP contribution in [-0.4, -0.2) is 28.8 Å². The molecule has 1 saturated heterocycles. The Labute approximate surface area is 157 Å². The van der Waals surface area contributed by atoms with E-state index in [1.165, 1.54) is 29.3 Å². The lowest BCUT2D eigenvalue weighted by Gasteiger charge is -2.36. The van der Waals surface area contributed by atoms with Crippen molar-refractivity contribution in [1.82, 2.24) is 10.3 Å². The first-order valence-corrected chi connectivity index (χ1v) is 10.3. The van der Waals surface area contributed by atoms with Crippen LogP contribution in [0.1, 0.15) is 22.7 Å². The van der Waals surface area contributed by atoms with Crippen LogP contribution in [0.4, 0.5) is 0 Å². The van der Waals surface area contributed by atoms with E-state index in [0.29, 0.717) is 5.25 Å². The molecular formula is C17H17IN2OS2. The molecule has 1 aliphatic carbocycles. The van der Waals surface area contributed by atoms with Gasteiger partial charge in [-0.15, -0.1) is 23.1 Å². The second-order valence-electron chi connectivity index (χ2n) is 6.03. The molecule has 120 valence electrons. The van der Waals surface area contributed by atoms with Crippen LogP contribution in [0.5, 0.6) is 0 Å². The van der Waals surface area contributed by atoms with E-state index >= 15 is 0 Å². The molecule has 2 aliphatic rings. The summed E-state index contributed by atoms with van der Waals surface area (Å²) in [6.45, 7) is 5.09. The molecule has 1 aromatic heterocycles. The Morgan fingerprint density at radius 1 is 1.35 bits per heavy atom. The number of benzene rings is 1. The maximum atomic E-state index is 10.1. The van der Waals surface area contributed by atoms with Crippen LogP contribution in [0, 0.1) is 10.5 Å². The van der Waals surface area contributed by atoms with Crippen LogP contribution in [0.25, 0.3) is 10.2 Å². The van der Waals surface area contributed by atoms with Crippen molar-refractivity contribution in [1.29, 1.82) is 0 Å². The van der Waals surface area contributed by atoms with Crippen LogP contribution in [0.15, 0.2) is 34.8 Å². The number of rotatable bonds is 1. The molecule has 0 bridgehead atoms. The van der Waals surface area contributed by atoms with Crippen molar-refractivity contribution in [2.45, 2.75) is 31.2 Å². The zero-order valence-electron chi connectivity index (χ0n) is 12.8. The lowest BCUT2D eigenvalue weighted by Crippen LogP contribution is -2.46. The minimum absolute atomic E-state index is 0.0398. The normalized spacial score (nSPS) is 27.6. The molecule has 4 rings (SSSR count). The van der Waals surface area contributed by atoms with Crippen LogP contribution in [-0.2, 0) is 0 Å². The summed E-state index contributed by atoms with van der Waals surface area (Å²) < 4.78 is 2.49. The molecule has 23 heavy (non-hydrogen) atoms. The van der Waals surface area contributed by atoms with E-state index in [0.717, 1.165) is 12.1 Å². The van der Waals surface area contributed by atoms with Crippen LogP contribution >= 0.6 is 45.7 Å². The maximum absolute atomic E-state index is 10.1. The number of thioether (sulfide) groups is 1. The molecule has 3 unspecified atom stereocenters. The van der Waals surface area contributed by atoms with E-state index in [2.05, 4.69) is 53.9 Å². The fraction of sp³-hybridized carbons (Fsp3) is 0.353. The van der Waals surface area contributed by atoms with Gasteiger partial charge in [0, 0.05) is 15.0 Å². The molecular weight excluding hydrogens is 439 g/mol. The van der Waals surface area contributed by atoms with E-state index in [1.54, 1.807) is 11.3 Å². The minimum atomic E-state index is -0.430. The van der Waals surface area contributed by atoms with Gasteiger partial charge in [-0.05, 0) is 59.7 Å². The van der Waals surface area contributed by atoms with Crippen LogP contribution < -0.4 is 5.32 Å². The molecule has 0 saturated carbocycles. The van der Waals surface area contributed by atoms with Gasteiger partial charge in [0.2, 0.25) is 0 Å². The summed E-state index contributed by atoms with van der Waals surface area (Å²) in [4.78, 5) is 6.16. The quantitative estimate of drug-likeness (QED) is 0.633. The molecule has 1 aliphatic heterocycles. The van der Waals surface area contributed by atoms with E-state index in [4.69, 9.17) is 4.98 Å². The number of aliphatic hydroxyl groups excluding tert-OH is 1. The number of nitrogens with one attached hydrogen (secondary N) is 1. The molecule has 0 radical (unpaired) electrons. The van der Waals surface area contributed by atoms with Crippen LogP contribution in [0.2, 0.25) is 0 Å². The van der Waals surface area contributed by atoms with E-state index in [9.17, 15) is 5.11 Å². The highest BCUT2D eigenvalue weighted by Gasteiger charge is 2.34. The molecule has 3 atom stereocenters. The average Bonchev–Trinajstić information content (AvgIpc) is 2.95. The Morgan fingerprint density at radius 2 is 2.17 bits per heavy atom. The van der Waals surface area contributed by atoms with Gasteiger partial charge in [-0.2, -0.15) is 0 Å². The molecule has 0 spiro atoms. The highest BCUT2D eigenvalue weighted by Crippen LogP contribution is 2.45. The summed E-state index contributed by atoms with van der Waals surface area (Å²) in [6.07, 6.45) is 3.47. The molecule has 2 aromatic rings. The molecule has 3 nitrogen and oxygen atoms in total. The molecule has 1 fully saturated rings. The lowest BCUT2D eigenvalue weighted by atomic mass is 10.00. The van der Waals surface area contributed by atoms with Crippen molar-refractivity contribution in [3.8, 4) is 0 Å². The smallest absolute Gasteiger partial charge is 0.109 e. The number of allylic oxidation sites excluding steroid dienone is 2. The van der Waals surface area contributed by atoms with Crippen molar-refractivity contribution < 1.29 is 5.11 Å². The Kier molecular flexibility index (Phi) is 4.30. The monoisotopic (exact) mass is 456 g/mol. The summed E-state index contributed by atoms with van der Waals surface area (Å²) in [5.74, 6) is 0. The first-order valence-electron chi connectivity index (χ1n) is 7.56. The number of aryl methyl sites for hydroxylation is 1. The summed E-state index contributed by atoms with van der Waals surface area (Å²) in [5, 5.41) is 15.1. The second kappa shape index (κ2) is 6.15. The number of nitrogens with zero attached hydrogens (tertiary/aromatic N) is 1. The van der Waals surface area contributed by atoms with E-state index in [-0.39, 0.29) is 6.04 Å². The fourth-order valence-corrected chi connectivity index (χ4v) is 6.77. The standard InChI is InChI=1S/C17H17IN2OS2/c1-8-5-10(18)14-12(6-8)23-17(20-14)13-7-19-15-11(21)4-3-9(2)16(15)22-13/h3-6,11,13,15,19,21H,7H2,1-2H3. The van der Waals surface area contributed by atoms with Gasteiger partial charge in [0.25, 0.3) is 0 Å². The van der Waals surface area contributed by atoms with Crippen molar-refractivity contribution in [2.24, 2.45) is 0 Å². The predicted octanol–water partition coefficient (Wildman–Crippen LogP) is 4.16. The van der Waals surface area contributed by atoms with E-state index < -0.39 is 6.10 Å². The van der Waals surface area contributed by atoms with Gasteiger partial charge >= 0.3 is 0 Å². The molecule has 0 amide bonds. The van der Waals surface area contributed by atoms with Gasteiger partial charge < -0.3 is 10.4 Å². The summed E-state index contributed by atoms with van der Waals surface area (Å²) in [6, 6.07) is 4.45. The SMILES string of the molecule is CC1=C2SC(c3nc4c(I)cc(C)cc4s3)CNC2C(O)C=C1. The van der Waals surface area contributed by atoms with Gasteiger partial charge in [-0.1, -0.05) is 12.2 Å². The number of hydrogen-bond donors (Lipinski definition) is 2. The number of aliphatic hydroxyl groups is 1. The summed E-state index contributed by atoms with van der Waals surface area (Å²) in [5.41, 5.74) is 3.65. The number of halogens is 1. The van der Waals surface area contributed by atoms with Crippen molar-refractivity contribution in [3.63, 3.8) is 0 Å². The van der Waals surface area contributed by atoms with Crippen molar-refractivity contribution in [3.05, 3.63) is 48.9 Å². The predicted molar refractivity (Wildman–Crippen MR) is 107 cm³/mol. The maximum Gasteiger partial charge on any atom is 0.109 e. The molecule has 2 N–H and O–H groups in total. The zero-order chi connectivity index (χ0) is 16.1. The number of thiazole rings is 1. The van der Waals surface area contributed by atoms with Gasteiger partial charge in [0.1, 0.15) is 5.01 Å². The van der Waals surface area contributed by atoms with Gasteiger partial charge in [0.05, 0.1) is 27.6 Å². The Balaban J connectivity index is 1.69. The average molecular weight is 456 g/mol. The first-order chi connectivity index (χ1) is 11.0. The number of hydrogen-bond acceptors (Lipinski definition) is 5. The Bertz CT molecular complexity index is 842. The zero-order valence-corrected chi connectivity index (χ0v) is 16.6. The lowest BCUT2D eigenvalue weighted by molar-refractivity contribution is 0.186. The molecule has 2 heterocycles. The van der Waals surface area contributed by atoms with Crippen molar-refractivity contribution >= 4 is 55.9 Å². The number of aromatic nitrogens is 1. The van der Waals surface area contributed by atoms with Gasteiger partial charge in [0.15, 0.2) is 0 Å². The molecule has 6 heteroatoms. The topological polar surface area (TPSA) is 45.2 Å². The first kappa shape index (κ1) is 16.1. The Hall–Kier alpha value is -0.410. The minimum Gasteiger partial charge on any atom is -0.387 e.